The lowest BCUT2D eigenvalue weighted by molar-refractivity contribution is 0.528. The van der Waals surface area contributed by atoms with Gasteiger partial charge < -0.3 is 10.2 Å². The Hall–Kier alpha value is -2.41. The summed E-state index contributed by atoms with van der Waals surface area (Å²) < 4.78 is 6.32. The Morgan fingerprint density at radius 2 is 2.12 bits per heavy atom. The number of aryl methyl sites for hydroxylation is 1. The average molecular weight is 340 g/mol. The highest BCUT2D eigenvalue weighted by Gasteiger charge is 2.22. The minimum atomic E-state index is 0.358. The van der Waals surface area contributed by atoms with Gasteiger partial charge in [-0.15, -0.1) is 0 Å². The normalized spacial score (nSPS) is 17.9. The first-order valence-corrected chi connectivity index (χ1v) is 8.94. The fraction of sp³-hybridized carbons (Fsp3) is 0.353. The number of nitrogens with one attached hydrogen (secondary N) is 1. The highest BCUT2D eigenvalue weighted by Crippen LogP contribution is 2.25. The van der Waals surface area contributed by atoms with Gasteiger partial charge in [-0.2, -0.15) is 14.5 Å². The Kier molecular flexibility index (Phi) is 4.17. The molecule has 0 amide bonds. The van der Waals surface area contributed by atoms with Crippen molar-refractivity contribution in [1.29, 1.82) is 0 Å². The first-order valence-electron chi connectivity index (χ1n) is 8.17. The molecule has 0 aliphatic carbocycles. The van der Waals surface area contributed by atoms with Crippen LogP contribution in [0.4, 0.5) is 11.6 Å². The summed E-state index contributed by atoms with van der Waals surface area (Å²) in [5.74, 6) is 0.733. The summed E-state index contributed by atoms with van der Waals surface area (Å²) in [4.78, 5) is 7.01. The summed E-state index contributed by atoms with van der Waals surface area (Å²) in [5.41, 5.74) is 2.30. The van der Waals surface area contributed by atoms with Crippen molar-refractivity contribution in [2.45, 2.75) is 18.9 Å². The molecule has 1 atom stereocenters. The summed E-state index contributed by atoms with van der Waals surface area (Å²) >= 11 is 1.44. The standard InChI is InChI=1S/C17H20N6S/c1-22-12-15(10-18-22)23-9-5-8-14(11-23)19-17-20-16(24-21-17)13-6-3-2-4-7-13/h2-4,6-7,10,12,14H,5,8-9,11H2,1H3,(H,19,21). The van der Waals surface area contributed by atoms with E-state index in [4.69, 9.17) is 0 Å². The number of nitrogens with zero attached hydrogens (tertiary/aromatic N) is 5. The van der Waals surface area contributed by atoms with Crippen molar-refractivity contribution in [3.05, 3.63) is 42.7 Å². The van der Waals surface area contributed by atoms with Gasteiger partial charge in [0.25, 0.3) is 0 Å². The largest absolute Gasteiger partial charge is 0.367 e. The van der Waals surface area contributed by atoms with Gasteiger partial charge in [0.05, 0.1) is 11.9 Å². The summed E-state index contributed by atoms with van der Waals surface area (Å²) in [6, 6.07) is 10.5. The van der Waals surface area contributed by atoms with Gasteiger partial charge in [0, 0.05) is 37.9 Å². The second-order valence-corrected chi connectivity index (χ2v) is 6.84. The van der Waals surface area contributed by atoms with E-state index in [0.717, 1.165) is 42.5 Å². The molecule has 1 aliphatic rings. The Labute approximate surface area is 145 Å². The fourth-order valence-corrected chi connectivity index (χ4v) is 3.70. The van der Waals surface area contributed by atoms with E-state index < -0.39 is 0 Å². The Morgan fingerprint density at radius 3 is 2.92 bits per heavy atom. The first-order chi connectivity index (χ1) is 11.8. The lowest BCUT2D eigenvalue weighted by atomic mass is 10.1. The Bertz CT molecular complexity index is 796. The van der Waals surface area contributed by atoms with Crippen LogP contribution in [0.25, 0.3) is 10.6 Å². The van der Waals surface area contributed by atoms with Crippen molar-refractivity contribution >= 4 is 23.2 Å². The van der Waals surface area contributed by atoms with Crippen LogP contribution in [0.15, 0.2) is 42.7 Å². The van der Waals surface area contributed by atoms with Crippen molar-refractivity contribution in [2.24, 2.45) is 7.05 Å². The molecule has 0 bridgehead atoms. The van der Waals surface area contributed by atoms with E-state index in [9.17, 15) is 0 Å². The van der Waals surface area contributed by atoms with Crippen LogP contribution in [0.3, 0.4) is 0 Å². The SMILES string of the molecule is Cn1cc(N2CCCC(Nc3nsc(-c4ccccc4)n3)C2)cn1. The molecule has 24 heavy (non-hydrogen) atoms. The molecular formula is C17H20N6S. The van der Waals surface area contributed by atoms with Gasteiger partial charge >= 0.3 is 0 Å². The molecule has 0 saturated carbocycles. The molecule has 1 aromatic carbocycles. The molecule has 7 heteroatoms. The lowest BCUT2D eigenvalue weighted by Crippen LogP contribution is -2.42. The molecule has 4 rings (SSSR count). The number of hydrogen-bond donors (Lipinski definition) is 1. The van der Waals surface area contributed by atoms with E-state index in [-0.39, 0.29) is 0 Å². The third kappa shape index (κ3) is 3.26. The second-order valence-electron chi connectivity index (χ2n) is 6.09. The zero-order chi connectivity index (χ0) is 16.4. The molecule has 2 aromatic heterocycles. The summed E-state index contributed by atoms with van der Waals surface area (Å²) in [7, 11) is 1.95. The number of anilines is 2. The van der Waals surface area contributed by atoms with Gasteiger partial charge in [-0.3, -0.25) is 4.68 Å². The number of aromatic nitrogens is 4. The minimum absolute atomic E-state index is 0.358. The number of hydrogen-bond acceptors (Lipinski definition) is 6. The molecule has 124 valence electrons. The van der Waals surface area contributed by atoms with E-state index in [1.54, 1.807) is 0 Å². The fourth-order valence-electron chi connectivity index (χ4n) is 3.06. The zero-order valence-corrected chi connectivity index (χ0v) is 14.4. The van der Waals surface area contributed by atoms with Crippen molar-refractivity contribution < 1.29 is 0 Å². The van der Waals surface area contributed by atoms with Gasteiger partial charge in [0.15, 0.2) is 0 Å². The molecular weight excluding hydrogens is 320 g/mol. The summed E-state index contributed by atoms with van der Waals surface area (Å²) in [5, 5.41) is 8.72. The van der Waals surface area contributed by atoms with E-state index in [1.165, 1.54) is 17.2 Å². The van der Waals surface area contributed by atoms with Crippen LogP contribution in [-0.4, -0.2) is 38.3 Å². The van der Waals surface area contributed by atoms with Crippen LogP contribution in [0.1, 0.15) is 12.8 Å². The maximum Gasteiger partial charge on any atom is 0.235 e. The summed E-state index contributed by atoms with van der Waals surface area (Å²) in [6.07, 6.45) is 6.28. The predicted molar refractivity (Wildman–Crippen MR) is 97.4 cm³/mol. The van der Waals surface area contributed by atoms with E-state index >= 15 is 0 Å². The monoisotopic (exact) mass is 340 g/mol. The molecule has 1 unspecified atom stereocenters. The Morgan fingerprint density at radius 1 is 1.25 bits per heavy atom. The highest BCUT2D eigenvalue weighted by molar-refractivity contribution is 7.09. The molecule has 6 nitrogen and oxygen atoms in total. The molecule has 1 fully saturated rings. The van der Waals surface area contributed by atoms with Crippen LogP contribution in [0.2, 0.25) is 0 Å². The summed E-state index contributed by atoms with van der Waals surface area (Å²) in [6.45, 7) is 2.02. The maximum atomic E-state index is 4.64. The van der Waals surface area contributed by atoms with Crippen molar-refractivity contribution in [3.8, 4) is 10.6 Å². The van der Waals surface area contributed by atoms with Crippen LogP contribution in [-0.2, 0) is 7.05 Å². The third-order valence-electron chi connectivity index (χ3n) is 4.26. The molecule has 1 aliphatic heterocycles. The van der Waals surface area contributed by atoms with Gasteiger partial charge in [0.2, 0.25) is 5.95 Å². The third-order valence-corrected chi connectivity index (χ3v) is 5.02. The lowest BCUT2D eigenvalue weighted by Gasteiger charge is -2.33. The van der Waals surface area contributed by atoms with Gasteiger partial charge in [-0.05, 0) is 24.4 Å². The maximum absolute atomic E-state index is 4.64. The topological polar surface area (TPSA) is 58.9 Å². The number of benzene rings is 1. The average Bonchev–Trinajstić information content (AvgIpc) is 3.25. The smallest absolute Gasteiger partial charge is 0.235 e. The Balaban J connectivity index is 1.43. The molecule has 1 saturated heterocycles. The highest BCUT2D eigenvalue weighted by atomic mass is 32.1. The van der Waals surface area contributed by atoms with Gasteiger partial charge in [-0.25, -0.2) is 0 Å². The van der Waals surface area contributed by atoms with Crippen LogP contribution < -0.4 is 10.2 Å². The van der Waals surface area contributed by atoms with Crippen molar-refractivity contribution in [2.75, 3.05) is 23.3 Å². The van der Waals surface area contributed by atoms with E-state index in [2.05, 4.69) is 43.0 Å². The quantitative estimate of drug-likeness (QED) is 0.791. The van der Waals surface area contributed by atoms with Gasteiger partial charge in [0.1, 0.15) is 5.01 Å². The number of rotatable bonds is 4. The predicted octanol–water partition coefficient (Wildman–Crippen LogP) is 3.02. The molecule has 0 radical (unpaired) electrons. The molecule has 3 aromatic rings. The second kappa shape index (κ2) is 6.60. The molecule has 0 spiro atoms. The molecule has 1 N–H and O–H groups in total. The zero-order valence-electron chi connectivity index (χ0n) is 13.6. The van der Waals surface area contributed by atoms with Crippen LogP contribution >= 0.6 is 11.5 Å². The van der Waals surface area contributed by atoms with Crippen LogP contribution in [0, 0.1) is 0 Å². The van der Waals surface area contributed by atoms with E-state index in [1.807, 2.05) is 36.1 Å². The van der Waals surface area contributed by atoms with E-state index in [0.29, 0.717) is 6.04 Å². The van der Waals surface area contributed by atoms with Crippen LogP contribution in [0.5, 0.6) is 0 Å². The number of piperidine rings is 1. The van der Waals surface area contributed by atoms with Crippen molar-refractivity contribution in [3.63, 3.8) is 0 Å². The molecule has 3 heterocycles. The first kappa shape index (κ1) is 15.1. The van der Waals surface area contributed by atoms with Gasteiger partial charge in [-0.1, -0.05) is 30.3 Å². The van der Waals surface area contributed by atoms with Crippen molar-refractivity contribution in [1.82, 2.24) is 19.1 Å². The minimum Gasteiger partial charge on any atom is -0.367 e.